The number of carbonyl (C=O) groups is 1. The van der Waals surface area contributed by atoms with E-state index < -0.39 is 11.0 Å². The van der Waals surface area contributed by atoms with Gasteiger partial charge >= 0.3 is 0 Å². The number of carbonyl (C=O) groups excluding carboxylic acids is 1. The second-order valence-corrected chi connectivity index (χ2v) is 10.2. The molecule has 2 aromatic carbocycles. The molecule has 1 saturated heterocycles. The van der Waals surface area contributed by atoms with Gasteiger partial charge in [-0.25, -0.2) is 0 Å². The number of phenols is 1. The molecule has 1 amide bonds. The molecule has 0 spiro atoms. The monoisotopic (exact) mass is 418 g/mol. The van der Waals surface area contributed by atoms with Crippen LogP contribution in [0.5, 0.6) is 5.75 Å². The molecule has 3 N–H and O–H groups in total. The highest BCUT2D eigenvalue weighted by Crippen LogP contribution is 2.60. The van der Waals surface area contributed by atoms with Crippen LogP contribution in [0, 0.1) is 5.92 Å². The quantitative estimate of drug-likeness (QED) is 0.714. The van der Waals surface area contributed by atoms with Crippen molar-refractivity contribution in [3.05, 3.63) is 65.2 Å². The number of amides is 1. The van der Waals surface area contributed by atoms with E-state index in [9.17, 15) is 15.0 Å². The third-order valence-electron chi connectivity index (χ3n) is 8.38. The van der Waals surface area contributed by atoms with Gasteiger partial charge in [0.2, 0.25) is 0 Å². The van der Waals surface area contributed by atoms with E-state index >= 15 is 0 Å². The zero-order valence-corrected chi connectivity index (χ0v) is 17.8. The maximum Gasteiger partial charge on any atom is 0.251 e. The maximum absolute atomic E-state index is 12.9. The standard InChI is InChI=1S/C26H30N2O3/c29-21-9-8-19-12-23-26(31)15-20(27-24(30)18-4-2-1-3-5-18)14-25(26,22(19)13-21)10-11-28(23)16-17-6-7-17/h1-5,8-9,13,17,20,23,29,31H,6-7,10-12,14-16H2,(H,27,30)/t20-,23+,25+,26+/m0/s1. The molecule has 4 atom stereocenters. The fourth-order valence-electron chi connectivity index (χ4n) is 6.79. The van der Waals surface area contributed by atoms with E-state index in [0.717, 1.165) is 37.4 Å². The molecule has 3 aliphatic carbocycles. The SMILES string of the molecule is O=C(N[C@H]1C[C@]23CCN(CC4CC4)[C@H](Cc4ccc(O)cc42)[C@]3(O)C1)c1ccccc1. The normalized spacial score (nSPS) is 34.1. The first-order valence-corrected chi connectivity index (χ1v) is 11.6. The summed E-state index contributed by atoms with van der Waals surface area (Å²) in [4.78, 5) is 15.4. The Morgan fingerprint density at radius 3 is 2.71 bits per heavy atom. The first-order valence-electron chi connectivity index (χ1n) is 11.6. The molecule has 0 radical (unpaired) electrons. The Balaban J connectivity index is 1.36. The lowest BCUT2D eigenvalue weighted by molar-refractivity contribution is -0.131. The summed E-state index contributed by atoms with van der Waals surface area (Å²) in [6, 6.07) is 15.0. The second-order valence-electron chi connectivity index (χ2n) is 10.2. The fraction of sp³-hybridized carbons (Fsp3) is 0.500. The van der Waals surface area contributed by atoms with E-state index in [1.165, 1.54) is 18.4 Å². The van der Waals surface area contributed by atoms with Crippen LogP contribution in [0.25, 0.3) is 0 Å². The highest BCUT2D eigenvalue weighted by atomic mass is 16.3. The molecule has 3 fully saturated rings. The number of hydrogen-bond acceptors (Lipinski definition) is 4. The van der Waals surface area contributed by atoms with Crippen molar-refractivity contribution >= 4 is 5.91 Å². The van der Waals surface area contributed by atoms with Crippen LogP contribution in [0.2, 0.25) is 0 Å². The van der Waals surface area contributed by atoms with Gasteiger partial charge in [-0.3, -0.25) is 9.69 Å². The Hall–Kier alpha value is -2.37. The van der Waals surface area contributed by atoms with Crippen molar-refractivity contribution in [1.82, 2.24) is 10.2 Å². The summed E-state index contributed by atoms with van der Waals surface area (Å²) >= 11 is 0. The summed E-state index contributed by atoms with van der Waals surface area (Å²) in [6.07, 6.45) is 5.54. The van der Waals surface area contributed by atoms with Gasteiger partial charge in [0, 0.05) is 29.6 Å². The largest absolute Gasteiger partial charge is 0.508 e. The highest BCUT2D eigenvalue weighted by molar-refractivity contribution is 5.94. The number of benzene rings is 2. The predicted octanol–water partition coefficient (Wildman–Crippen LogP) is 2.99. The number of rotatable bonds is 4. The molecule has 5 heteroatoms. The number of aliphatic hydroxyl groups is 1. The van der Waals surface area contributed by atoms with Crippen LogP contribution < -0.4 is 5.32 Å². The molecule has 162 valence electrons. The molecule has 1 heterocycles. The lowest BCUT2D eigenvalue weighted by atomic mass is 9.56. The molecule has 2 saturated carbocycles. The average molecular weight is 419 g/mol. The minimum atomic E-state index is -0.893. The Kier molecular flexibility index (Phi) is 4.25. The molecule has 2 aromatic rings. The number of fused-ring (bicyclic) bond motifs is 1. The summed E-state index contributed by atoms with van der Waals surface area (Å²) in [6.45, 7) is 2.04. The zero-order valence-electron chi connectivity index (χ0n) is 17.8. The van der Waals surface area contributed by atoms with Crippen LogP contribution in [0.15, 0.2) is 48.5 Å². The Labute approximate surface area is 183 Å². The number of nitrogens with one attached hydrogen (secondary N) is 1. The van der Waals surface area contributed by atoms with Crippen LogP contribution in [0.1, 0.15) is 53.6 Å². The van der Waals surface area contributed by atoms with Gasteiger partial charge in [0.1, 0.15) is 5.75 Å². The van der Waals surface area contributed by atoms with Gasteiger partial charge < -0.3 is 15.5 Å². The van der Waals surface area contributed by atoms with E-state index in [4.69, 9.17) is 0 Å². The van der Waals surface area contributed by atoms with Gasteiger partial charge in [0.15, 0.2) is 0 Å². The summed E-state index contributed by atoms with van der Waals surface area (Å²) in [5, 5.41) is 25.8. The van der Waals surface area contributed by atoms with E-state index in [2.05, 4.69) is 10.2 Å². The van der Waals surface area contributed by atoms with Crippen LogP contribution >= 0.6 is 0 Å². The maximum atomic E-state index is 12.9. The van der Waals surface area contributed by atoms with E-state index in [-0.39, 0.29) is 23.7 Å². The van der Waals surface area contributed by atoms with Crippen LogP contribution in [-0.4, -0.2) is 51.8 Å². The van der Waals surface area contributed by atoms with Crippen LogP contribution in [0.3, 0.4) is 0 Å². The molecular formula is C26H30N2O3. The molecular weight excluding hydrogens is 388 g/mol. The average Bonchev–Trinajstić information content (AvgIpc) is 3.51. The first-order chi connectivity index (χ1) is 15.0. The fourth-order valence-corrected chi connectivity index (χ4v) is 6.79. The first kappa shape index (κ1) is 19.3. The minimum Gasteiger partial charge on any atom is -0.508 e. The highest BCUT2D eigenvalue weighted by Gasteiger charge is 2.67. The van der Waals surface area contributed by atoms with Gasteiger partial charge in [-0.2, -0.15) is 0 Å². The lowest BCUT2D eigenvalue weighted by Gasteiger charge is -2.59. The van der Waals surface area contributed by atoms with E-state index in [0.29, 0.717) is 18.4 Å². The van der Waals surface area contributed by atoms with Crippen molar-refractivity contribution < 1.29 is 15.0 Å². The van der Waals surface area contributed by atoms with Crippen molar-refractivity contribution in [2.45, 2.75) is 61.6 Å². The Morgan fingerprint density at radius 2 is 1.94 bits per heavy atom. The summed E-state index contributed by atoms with van der Waals surface area (Å²) in [7, 11) is 0. The molecule has 0 aromatic heterocycles. The van der Waals surface area contributed by atoms with E-state index in [1.807, 2.05) is 42.5 Å². The van der Waals surface area contributed by atoms with Gasteiger partial charge in [0.05, 0.1) is 5.60 Å². The van der Waals surface area contributed by atoms with Crippen molar-refractivity contribution in [1.29, 1.82) is 0 Å². The topological polar surface area (TPSA) is 72.8 Å². The molecule has 4 aliphatic rings. The Bertz CT molecular complexity index is 1020. The van der Waals surface area contributed by atoms with Crippen LogP contribution in [-0.2, 0) is 11.8 Å². The third-order valence-corrected chi connectivity index (χ3v) is 8.38. The van der Waals surface area contributed by atoms with Crippen molar-refractivity contribution in [3.8, 4) is 5.75 Å². The Morgan fingerprint density at radius 1 is 1.13 bits per heavy atom. The van der Waals surface area contributed by atoms with E-state index in [1.54, 1.807) is 6.07 Å². The number of nitrogens with zero attached hydrogens (tertiary/aromatic N) is 1. The van der Waals surface area contributed by atoms with Crippen LogP contribution in [0.4, 0.5) is 0 Å². The predicted molar refractivity (Wildman–Crippen MR) is 118 cm³/mol. The second kappa shape index (κ2) is 6.81. The summed E-state index contributed by atoms with van der Waals surface area (Å²) in [5.74, 6) is 0.947. The van der Waals surface area contributed by atoms with Crippen molar-refractivity contribution in [2.75, 3.05) is 13.1 Å². The molecule has 0 unspecified atom stereocenters. The number of hydrogen-bond donors (Lipinski definition) is 3. The van der Waals surface area contributed by atoms with Crippen molar-refractivity contribution in [2.24, 2.45) is 5.92 Å². The van der Waals surface area contributed by atoms with Crippen molar-refractivity contribution in [3.63, 3.8) is 0 Å². The lowest BCUT2D eigenvalue weighted by Crippen LogP contribution is -2.69. The molecule has 5 nitrogen and oxygen atoms in total. The third kappa shape index (κ3) is 2.94. The van der Waals surface area contributed by atoms with Gasteiger partial charge in [-0.1, -0.05) is 24.3 Å². The zero-order chi connectivity index (χ0) is 21.2. The number of piperidine rings is 1. The summed E-state index contributed by atoms with van der Waals surface area (Å²) < 4.78 is 0. The minimum absolute atomic E-state index is 0.0671. The van der Waals surface area contributed by atoms with Gasteiger partial charge in [0.25, 0.3) is 5.91 Å². The smallest absolute Gasteiger partial charge is 0.251 e. The number of likely N-dealkylation sites (tertiary alicyclic amines) is 1. The number of aromatic hydroxyl groups is 1. The summed E-state index contributed by atoms with van der Waals surface area (Å²) in [5.41, 5.74) is 1.67. The van der Waals surface area contributed by atoms with Gasteiger partial charge in [-0.05, 0) is 86.4 Å². The molecule has 2 bridgehead atoms. The molecule has 31 heavy (non-hydrogen) atoms. The molecule has 6 rings (SSSR count). The molecule has 1 aliphatic heterocycles. The number of phenolic OH excluding ortho intramolecular Hbond substituents is 1. The van der Waals surface area contributed by atoms with Gasteiger partial charge in [-0.15, -0.1) is 0 Å².